The molecule has 3 rings (SSSR count). The van der Waals surface area contributed by atoms with Gasteiger partial charge in [0.15, 0.2) is 0 Å². The van der Waals surface area contributed by atoms with Crippen LogP contribution in [0.25, 0.3) is 0 Å². The molecule has 0 atom stereocenters. The minimum atomic E-state index is 0.967. The van der Waals surface area contributed by atoms with Gasteiger partial charge in [0.1, 0.15) is 5.82 Å². The van der Waals surface area contributed by atoms with Crippen LogP contribution in [0.4, 0.5) is 0 Å². The highest BCUT2D eigenvalue weighted by molar-refractivity contribution is 5.30. The van der Waals surface area contributed by atoms with Gasteiger partial charge < -0.3 is 0 Å². The van der Waals surface area contributed by atoms with Crippen LogP contribution < -0.4 is 0 Å². The summed E-state index contributed by atoms with van der Waals surface area (Å²) in [5.41, 5.74) is 6.71. The van der Waals surface area contributed by atoms with Gasteiger partial charge >= 0.3 is 0 Å². The van der Waals surface area contributed by atoms with Crippen LogP contribution in [-0.2, 0) is 25.9 Å². The minimum Gasteiger partial charge on any atom is -0.294 e. The molecule has 0 unspecified atom stereocenters. The Labute approximate surface area is 133 Å². The summed E-state index contributed by atoms with van der Waals surface area (Å²) < 4.78 is 0. The molecule has 3 heteroatoms. The summed E-state index contributed by atoms with van der Waals surface area (Å²) in [6.45, 7) is 9.61. The van der Waals surface area contributed by atoms with Crippen molar-refractivity contribution < 1.29 is 0 Å². The van der Waals surface area contributed by atoms with E-state index in [0.717, 1.165) is 44.7 Å². The lowest BCUT2D eigenvalue weighted by Gasteiger charge is -2.28. The van der Waals surface area contributed by atoms with Crippen molar-refractivity contribution in [1.29, 1.82) is 0 Å². The van der Waals surface area contributed by atoms with Crippen LogP contribution in [0.1, 0.15) is 47.1 Å². The van der Waals surface area contributed by atoms with Crippen LogP contribution in [0.3, 0.4) is 0 Å². The van der Waals surface area contributed by atoms with E-state index in [9.17, 15) is 0 Å². The monoisotopic (exact) mass is 295 g/mol. The predicted molar refractivity (Wildman–Crippen MR) is 89.8 cm³/mol. The van der Waals surface area contributed by atoms with Crippen molar-refractivity contribution in [2.45, 2.75) is 53.1 Å². The number of hydrogen-bond donors (Lipinski definition) is 0. The van der Waals surface area contributed by atoms with Gasteiger partial charge in [-0.05, 0) is 31.4 Å². The predicted octanol–water partition coefficient (Wildman–Crippen LogP) is 3.60. The normalized spacial score (nSPS) is 14.9. The molecule has 0 radical (unpaired) electrons. The Morgan fingerprint density at radius 1 is 1.23 bits per heavy atom. The van der Waals surface area contributed by atoms with Crippen molar-refractivity contribution >= 4 is 0 Å². The molecule has 1 aromatic heterocycles. The molecule has 3 nitrogen and oxygen atoms in total. The molecule has 0 fully saturated rings. The Bertz CT molecular complexity index is 664. The number of hydrogen-bond acceptors (Lipinski definition) is 3. The summed E-state index contributed by atoms with van der Waals surface area (Å²) in [6, 6.07) is 6.74. The van der Waals surface area contributed by atoms with Crippen molar-refractivity contribution in [3.63, 3.8) is 0 Å². The van der Waals surface area contributed by atoms with Gasteiger partial charge in [0.2, 0.25) is 0 Å². The highest BCUT2D eigenvalue weighted by Crippen LogP contribution is 2.20. The Balaban J connectivity index is 1.71. The van der Waals surface area contributed by atoms with Crippen molar-refractivity contribution in [3.05, 3.63) is 58.2 Å². The summed E-state index contributed by atoms with van der Waals surface area (Å²) in [7, 11) is 0. The highest BCUT2D eigenvalue weighted by atomic mass is 15.1. The minimum absolute atomic E-state index is 0.967. The topological polar surface area (TPSA) is 29.0 Å². The third kappa shape index (κ3) is 3.36. The zero-order valence-corrected chi connectivity index (χ0v) is 13.9. The number of fused-ring (bicyclic) bond motifs is 1. The third-order valence-corrected chi connectivity index (χ3v) is 4.43. The average molecular weight is 295 g/mol. The maximum atomic E-state index is 4.74. The molecule has 1 aliphatic rings. The molecule has 0 amide bonds. The molecular weight excluding hydrogens is 270 g/mol. The number of nitrogens with zero attached hydrogens (tertiary/aromatic N) is 3. The molecule has 116 valence electrons. The molecule has 2 heterocycles. The van der Waals surface area contributed by atoms with Crippen LogP contribution in [0.5, 0.6) is 0 Å². The molecule has 0 N–H and O–H groups in total. The van der Waals surface area contributed by atoms with E-state index in [0.29, 0.717) is 0 Å². The summed E-state index contributed by atoms with van der Waals surface area (Å²) in [6.07, 6.45) is 5.18. The van der Waals surface area contributed by atoms with Gasteiger partial charge in [-0.2, -0.15) is 0 Å². The molecule has 0 bridgehead atoms. The summed E-state index contributed by atoms with van der Waals surface area (Å²) >= 11 is 0. The Hall–Kier alpha value is -1.74. The van der Waals surface area contributed by atoms with Crippen molar-refractivity contribution in [1.82, 2.24) is 14.9 Å². The van der Waals surface area contributed by atoms with E-state index >= 15 is 0 Å². The van der Waals surface area contributed by atoms with Gasteiger partial charge in [-0.3, -0.25) is 4.90 Å². The second kappa shape index (κ2) is 6.57. The lowest BCUT2D eigenvalue weighted by Crippen LogP contribution is -2.31. The standard InChI is InChI=1S/C19H25N3/c1-4-5-19-20-11-17-13-22(9-8-18(17)21-19)12-16-7-6-14(2)10-15(16)3/h6-7,10-11H,4-5,8-9,12-13H2,1-3H3. The number of aryl methyl sites for hydroxylation is 3. The largest absolute Gasteiger partial charge is 0.294 e. The quantitative estimate of drug-likeness (QED) is 0.863. The van der Waals surface area contributed by atoms with Gasteiger partial charge in [-0.1, -0.05) is 30.7 Å². The summed E-state index contributed by atoms with van der Waals surface area (Å²) in [4.78, 5) is 11.8. The van der Waals surface area contributed by atoms with Crippen LogP contribution >= 0.6 is 0 Å². The van der Waals surface area contributed by atoms with Crippen LogP contribution in [0.15, 0.2) is 24.4 Å². The Morgan fingerprint density at radius 3 is 2.86 bits per heavy atom. The molecule has 0 aliphatic carbocycles. The molecule has 2 aromatic rings. The lowest BCUT2D eigenvalue weighted by molar-refractivity contribution is 0.242. The molecular formula is C19H25N3. The first-order valence-electron chi connectivity index (χ1n) is 8.28. The zero-order valence-electron chi connectivity index (χ0n) is 13.9. The van der Waals surface area contributed by atoms with E-state index in [1.54, 1.807) is 0 Å². The van der Waals surface area contributed by atoms with E-state index < -0.39 is 0 Å². The zero-order chi connectivity index (χ0) is 15.5. The summed E-state index contributed by atoms with van der Waals surface area (Å²) in [5, 5.41) is 0. The maximum Gasteiger partial charge on any atom is 0.128 e. The molecule has 1 aliphatic heterocycles. The van der Waals surface area contributed by atoms with Gasteiger partial charge in [0.05, 0.1) is 0 Å². The fraction of sp³-hybridized carbons (Fsp3) is 0.474. The first-order valence-corrected chi connectivity index (χ1v) is 8.28. The number of benzene rings is 1. The van der Waals surface area contributed by atoms with Gasteiger partial charge in [0, 0.05) is 49.9 Å². The molecule has 0 saturated heterocycles. The van der Waals surface area contributed by atoms with Crippen LogP contribution in [-0.4, -0.2) is 21.4 Å². The second-order valence-electron chi connectivity index (χ2n) is 6.40. The first kappa shape index (κ1) is 15.2. The van der Waals surface area contributed by atoms with Crippen LogP contribution in [0, 0.1) is 13.8 Å². The third-order valence-electron chi connectivity index (χ3n) is 4.43. The molecule has 1 aromatic carbocycles. The van der Waals surface area contributed by atoms with E-state index in [-0.39, 0.29) is 0 Å². The van der Waals surface area contributed by atoms with Gasteiger partial charge in [-0.15, -0.1) is 0 Å². The highest BCUT2D eigenvalue weighted by Gasteiger charge is 2.18. The van der Waals surface area contributed by atoms with E-state index in [4.69, 9.17) is 4.98 Å². The van der Waals surface area contributed by atoms with Crippen LogP contribution in [0.2, 0.25) is 0 Å². The van der Waals surface area contributed by atoms with E-state index in [2.05, 4.69) is 48.9 Å². The fourth-order valence-corrected chi connectivity index (χ4v) is 3.16. The van der Waals surface area contributed by atoms with Crippen molar-refractivity contribution in [3.8, 4) is 0 Å². The second-order valence-corrected chi connectivity index (χ2v) is 6.40. The van der Waals surface area contributed by atoms with Crippen molar-refractivity contribution in [2.75, 3.05) is 6.54 Å². The van der Waals surface area contributed by atoms with E-state index in [1.807, 2.05) is 6.20 Å². The SMILES string of the molecule is CCCc1ncc2c(n1)CCN(Cc1ccc(C)cc1C)C2. The molecule has 0 spiro atoms. The molecule has 0 saturated carbocycles. The Kier molecular flexibility index (Phi) is 4.53. The fourth-order valence-electron chi connectivity index (χ4n) is 3.16. The molecule has 22 heavy (non-hydrogen) atoms. The van der Waals surface area contributed by atoms with Gasteiger partial charge in [0.25, 0.3) is 0 Å². The van der Waals surface area contributed by atoms with E-state index in [1.165, 1.54) is 27.9 Å². The Morgan fingerprint density at radius 2 is 2.09 bits per heavy atom. The average Bonchev–Trinajstić information content (AvgIpc) is 2.50. The number of rotatable bonds is 4. The lowest BCUT2D eigenvalue weighted by atomic mass is 10.0. The number of aromatic nitrogens is 2. The van der Waals surface area contributed by atoms with Crippen molar-refractivity contribution in [2.24, 2.45) is 0 Å². The smallest absolute Gasteiger partial charge is 0.128 e. The first-order chi connectivity index (χ1) is 10.7. The van der Waals surface area contributed by atoms with Gasteiger partial charge in [-0.25, -0.2) is 9.97 Å². The summed E-state index contributed by atoms with van der Waals surface area (Å²) in [5.74, 6) is 1.00. The maximum absolute atomic E-state index is 4.74.